The van der Waals surface area contributed by atoms with E-state index in [4.69, 9.17) is 4.74 Å². The zero-order chi connectivity index (χ0) is 12.2. The number of carbonyl (C=O) groups is 2. The molecule has 1 N–H and O–H groups in total. The number of nitrogens with zero attached hydrogens (tertiary/aromatic N) is 2. The van der Waals surface area contributed by atoms with Gasteiger partial charge in [0.15, 0.2) is 6.29 Å². The molecule has 0 fully saturated rings. The monoisotopic (exact) mass is 223 g/mol. The molecule has 16 heavy (non-hydrogen) atoms. The number of carbonyl (C=O) groups excluding carboxylic acids is 2. The molecule has 0 unspecified atom stereocenters. The molecule has 6 heteroatoms. The van der Waals surface area contributed by atoms with Crippen LogP contribution in [0, 0.1) is 0 Å². The molecule has 0 saturated carbocycles. The van der Waals surface area contributed by atoms with E-state index in [-0.39, 0.29) is 11.4 Å². The van der Waals surface area contributed by atoms with Crippen LogP contribution in [0.1, 0.15) is 31.3 Å². The van der Waals surface area contributed by atoms with Gasteiger partial charge in [-0.05, 0) is 20.8 Å². The zero-order valence-electron chi connectivity index (χ0n) is 9.35. The molecule has 0 aliphatic carbocycles. The van der Waals surface area contributed by atoms with Crippen molar-refractivity contribution in [2.75, 3.05) is 5.32 Å². The van der Waals surface area contributed by atoms with Crippen molar-refractivity contribution in [1.29, 1.82) is 0 Å². The van der Waals surface area contributed by atoms with Crippen LogP contribution >= 0.6 is 0 Å². The van der Waals surface area contributed by atoms with Gasteiger partial charge in [-0.1, -0.05) is 0 Å². The van der Waals surface area contributed by atoms with Crippen molar-refractivity contribution in [3.63, 3.8) is 0 Å². The van der Waals surface area contributed by atoms with E-state index in [0.29, 0.717) is 6.29 Å². The molecule has 1 rings (SSSR count). The van der Waals surface area contributed by atoms with Crippen LogP contribution in [-0.4, -0.2) is 27.9 Å². The van der Waals surface area contributed by atoms with E-state index in [0.717, 1.165) is 0 Å². The molecule has 0 saturated heterocycles. The Hall–Kier alpha value is -1.98. The molecular formula is C10H13N3O3. The van der Waals surface area contributed by atoms with E-state index in [2.05, 4.69) is 15.3 Å². The van der Waals surface area contributed by atoms with Gasteiger partial charge in [-0.25, -0.2) is 14.8 Å². The van der Waals surface area contributed by atoms with Crippen molar-refractivity contribution in [3.8, 4) is 0 Å². The normalized spacial score (nSPS) is 10.7. The lowest BCUT2D eigenvalue weighted by Gasteiger charge is -2.19. The third-order valence-corrected chi connectivity index (χ3v) is 1.49. The van der Waals surface area contributed by atoms with Crippen LogP contribution in [0.15, 0.2) is 12.5 Å². The lowest BCUT2D eigenvalue weighted by atomic mass is 10.2. The van der Waals surface area contributed by atoms with E-state index < -0.39 is 11.7 Å². The quantitative estimate of drug-likeness (QED) is 0.771. The summed E-state index contributed by atoms with van der Waals surface area (Å²) in [5.41, 5.74) is -0.256. The summed E-state index contributed by atoms with van der Waals surface area (Å²) in [5.74, 6) is 0. The van der Waals surface area contributed by atoms with Gasteiger partial charge in [-0.15, -0.1) is 0 Å². The SMILES string of the molecule is CC(C)(C)OC(=O)Nc1cncnc1C=O. The maximum Gasteiger partial charge on any atom is 0.412 e. The number of aldehydes is 1. The summed E-state index contributed by atoms with van der Waals surface area (Å²) in [6.07, 6.45) is 2.45. The second-order valence-electron chi connectivity index (χ2n) is 4.07. The van der Waals surface area contributed by atoms with E-state index in [1.165, 1.54) is 12.5 Å². The minimum atomic E-state index is -0.648. The molecule has 0 radical (unpaired) electrons. The number of hydrogen-bond acceptors (Lipinski definition) is 5. The van der Waals surface area contributed by atoms with Crippen molar-refractivity contribution in [2.45, 2.75) is 26.4 Å². The van der Waals surface area contributed by atoms with Crippen molar-refractivity contribution in [2.24, 2.45) is 0 Å². The third-order valence-electron chi connectivity index (χ3n) is 1.49. The highest BCUT2D eigenvalue weighted by atomic mass is 16.6. The van der Waals surface area contributed by atoms with Crippen LogP contribution in [0.25, 0.3) is 0 Å². The van der Waals surface area contributed by atoms with Crippen LogP contribution in [0.3, 0.4) is 0 Å². The van der Waals surface area contributed by atoms with Crippen LogP contribution in [0.2, 0.25) is 0 Å². The number of ether oxygens (including phenoxy) is 1. The van der Waals surface area contributed by atoms with Gasteiger partial charge in [0.25, 0.3) is 0 Å². The first kappa shape index (κ1) is 12.1. The van der Waals surface area contributed by atoms with Gasteiger partial charge in [-0.2, -0.15) is 0 Å². The Morgan fingerprint density at radius 3 is 2.75 bits per heavy atom. The summed E-state index contributed by atoms with van der Waals surface area (Å²) in [5, 5.41) is 2.40. The van der Waals surface area contributed by atoms with Gasteiger partial charge in [0.2, 0.25) is 0 Å². The molecule has 86 valence electrons. The highest BCUT2D eigenvalue weighted by Crippen LogP contribution is 2.12. The van der Waals surface area contributed by atoms with Gasteiger partial charge in [0.05, 0.1) is 11.9 Å². The Kier molecular flexibility index (Phi) is 3.55. The molecule has 0 atom stereocenters. The average Bonchev–Trinajstić information content (AvgIpc) is 2.15. The maximum absolute atomic E-state index is 11.4. The summed E-state index contributed by atoms with van der Waals surface area (Å²) >= 11 is 0. The molecule has 1 heterocycles. The van der Waals surface area contributed by atoms with Crippen LogP contribution < -0.4 is 5.32 Å². The molecule has 0 spiro atoms. The number of nitrogens with one attached hydrogen (secondary N) is 1. The number of hydrogen-bond donors (Lipinski definition) is 1. The lowest BCUT2D eigenvalue weighted by Crippen LogP contribution is -2.27. The first-order valence-electron chi connectivity index (χ1n) is 4.67. The lowest BCUT2D eigenvalue weighted by molar-refractivity contribution is 0.0636. The van der Waals surface area contributed by atoms with E-state index in [1.807, 2.05) is 0 Å². The minimum absolute atomic E-state index is 0.112. The fraction of sp³-hybridized carbons (Fsp3) is 0.400. The fourth-order valence-electron chi connectivity index (χ4n) is 0.943. The predicted molar refractivity (Wildman–Crippen MR) is 57.3 cm³/mol. The molecule has 1 aromatic rings. The first-order valence-corrected chi connectivity index (χ1v) is 4.67. The summed E-state index contributed by atoms with van der Waals surface area (Å²) < 4.78 is 5.02. The molecule has 1 aromatic heterocycles. The molecule has 0 aromatic carbocycles. The van der Waals surface area contributed by atoms with Gasteiger partial charge in [-0.3, -0.25) is 10.1 Å². The van der Waals surface area contributed by atoms with E-state index >= 15 is 0 Å². The predicted octanol–water partition coefficient (Wildman–Crippen LogP) is 1.64. The Bertz CT molecular complexity index is 399. The number of amides is 1. The first-order chi connectivity index (χ1) is 7.42. The Morgan fingerprint density at radius 1 is 1.50 bits per heavy atom. The van der Waals surface area contributed by atoms with Crippen molar-refractivity contribution in [3.05, 3.63) is 18.2 Å². The summed E-state index contributed by atoms with van der Waals surface area (Å²) in [4.78, 5) is 29.4. The Labute approximate surface area is 93.0 Å². The van der Waals surface area contributed by atoms with E-state index in [1.54, 1.807) is 20.8 Å². The van der Waals surface area contributed by atoms with Gasteiger partial charge in [0, 0.05) is 0 Å². The van der Waals surface area contributed by atoms with Gasteiger partial charge in [0.1, 0.15) is 17.6 Å². The minimum Gasteiger partial charge on any atom is -0.444 e. The maximum atomic E-state index is 11.4. The van der Waals surface area contributed by atoms with Crippen molar-refractivity contribution >= 4 is 18.1 Å². The second-order valence-corrected chi connectivity index (χ2v) is 4.07. The molecule has 6 nitrogen and oxygen atoms in total. The highest BCUT2D eigenvalue weighted by Gasteiger charge is 2.17. The third kappa shape index (κ3) is 3.64. The highest BCUT2D eigenvalue weighted by molar-refractivity contribution is 5.91. The zero-order valence-corrected chi connectivity index (χ0v) is 9.35. The van der Waals surface area contributed by atoms with E-state index in [9.17, 15) is 9.59 Å². The van der Waals surface area contributed by atoms with Crippen LogP contribution in [0.5, 0.6) is 0 Å². The standard InChI is InChI=1S/C10H13N3O3/c1-10(2,3)16-9(15)13-7-4-11-6-12-8(7)5-14/h4-6H,1-3H3,(H,13,15). The van der Waals surface area contributed by atoms with Gasteiger partial charge < -0.3 is 4.74 Å². The number of anilines is 1. The molecule has 0 aliphatic heterocycles. The average molecular weight is 223 g/mol. The molecular weight excluding hydrogens is 210 g/mol. The summed E-state index contributed by atoms with van der Waals surface area (Å²) in [6.45, 7) is 5.23. The second kappa shape index (κ2) is 4.69. The Morgan fingerprint density at radius 2 is 2.19 bits per heavy atom. The fourth-order valence-corrected chi connectivity index (χ4v) is 0.943. The number of aromatic nitrogens is 2. The molecule has 0 bridgehead atoms. The largest absolute Gasteiger partial charge is 0.444 e. The number of rotatable bonds is 2. The Balaban J connectivity index is 2.73. The van der Waals surface area contributed by atoms with Crippen molar-refractivity contribution in [1.82, 2.24) is 9.97 Å². The molecule has 0 aliphatic rings. The van der Waals surface area contributed by atoms with Gasteiger partial charge >= 0.3 is 6.09 Å². The summed E-state index contributed by atoms with van der Waals surface area (Å²) in [7, 11) is 0. The smallest absolute Gasteiger partial charge is 0.412 e. The van der Waals surface area contributed by atoms with Crippen LogP contribution in [0.4, 0.5) is 10.5 Å². The van der Waals surface area contributed by atoms with Crippen molar-refractivity contribution < 1.29 is 14.3 Å². The summed E-state index contributed by atoms with van der Waals surface area (Å²) in [6, 6.07) is 0. The van der Waals surface area contributed by atoms with Crippen LogP contribution in [-0.2, 0) is 4.74 Å². The molecule has 1 amide bonds. The topological polar surface area (TPSA) is 81.2 Å².